The number of aromatic amines is 1. The molecule has 3 heteroatoms. The number of fused-ring (bicyclic) bond motifs is 1. The van der Waals surface area contributed by atoms with Crippen molar-refractivity contribution in [1.29, 1.82) is 0 Å². The second-order valence-electron chi connectivity index (χ2n) is 6.07. The lowest BCUT2D eigenvalue weighted by atomic mass is 10.0. The molecule has 3 aromatic carbocycles. The Morgan fingerprint density at radius 2 is 1.75 bits per heavy atom. The maximum atomic E-state index is 5.98. The number of imidazole rings is 1. The third-order valence-corrected chi connectivity index (χ3v) is 4.45. The van der Waals surface area contributed by atoms with Gasteiger partial charge in [0.15, 0.2) is 0 Å². The Kier molecular flexibility index (Phi) is 3.83. The van der Waals surface area contributed by atoms with Crippen LogP contribution in [-0.2, 0) is 6.42 Å². The number of benzene rings is 3. The van der Waals surface area contributed by atoms with Crippen molar-refractivity contribution in [3.8, 4) is 11.4 Å². The molecule has 0 aliphatic rings. The molecule has 0 aliphatic carbocycles. The van der Waals surface area contributed by atoms with Gasteiger partial charge >= 0.3 is 0 Å². The van der Waals surface area contributed by atoms with E-state index < -0.39 is 0 Å². The molecule has 4 rings (SSSR count). The lowest BCUT2D eigenvalue weighted by Gasteiger charge is -2.03. The Hall–Kier alpha value is -2.58. The van der Waals surface area contributed by atoms with Crippen molar-refractivity contribution in [3.05, 3.63) is 88.4 Å². The summed E-state index contributed by atoms with van der Waals surface area (Å²) in [6.45, 7) is 2.10. The van der Waals surface area contributed by atoms with Crippen molar-refractivity contribution in [3.63, 3.8) is 0 Å². The lowest BCUT2D eigenvalue weighted by molar-refractivity contribution is 1.20. The molecular formula is C21H17ClN2. The molecule has 0 bridgehead atoms. The molecule has 1 heterocycles. The van der Waals surface area contributed by atoms with Crippen LogP contribution in [0.3, 0.4) is 0 Å². The summed E-state index contributed by atoms with van der Waals surface area (Å²) in [5.41, 5.74) is 6.89. The molecule has 0 atom stereocenters. The van der Waals surface area contributed by atoms with Crippen molar-refractivity contribution in [2.45, 2.75) is 13.3 Å². The van der Waals surface area contributed by atoms with Crippen LogP contribution in [-0.4, -0.2) is 9.97 Å². The Bertz CT molecular complexity index is 1000. The van der Waals surface area contributed by atoms with Crippen molar-refractivity contribution < 1.29 is 0 Å². The minimum atomic E-state index is 0.762. The van der Waals surface area contributed by atoms with Gasteiger partial charge in [-0.05, 0) is 48.7 Å². The molecular weight excluding hydrogens is 316 g/mol. The van der Waals surface area contributed by atoms with Crippen molar-refractivity contribution in [2.75, 3.05) is 0 Å². The summed E-state index contributed by atoms with van der Waals surface area (Å²) in [5, 5.41) is 0.762. The number of rotatable bonds is 3. The van der Waals surface area contributed by atoms with Crippen LogP contribution in [0.5, 0.6) is 0 Å². The van der Waals surface area contributed by atoms with Gasteiger partial charge in [-0.15, -0.1) is 0 Å². The SMILES string of the molecule is Cc1cccc(-c2nc3c(Cc4ccc(Cl)cc4)cccc3[nH]2)c1. The first-order chi connectivity index (χ1) is 11.7. The molecule has 0 spiro atoms. The van der Waals surface area contributed by atoms with Crippen LogP contribution in [0.15, 0.2) is 66.7 Å². The van der Waals surface area contributed by atoms with E-state index in [2.05, 4.69) is 66.5 Å². The van der Waals surface area contributed by atoms with Gasteiger partial charge in [-0.2, -0.15) is 0 Å². The average Bonchev–Trinajstić information content (AvgIpc) is 3.02. The fraction of sp³-hybridized carbons (Fsp3) is 0.0952. The van der Waals surface area contributed by atoms with Crippen molar-refractivity contribution >= 4 is 22.6 Å². The third-order valence-electron chi connectivity index (χ3n) is 4.20. The van der Waals surface area contributed by atoms with E-state index in [9.17, 15) is 0 Å². The number of nitrogens with one attached hydrogen (secondary N) is 1. The highest BCUT2D eigenvalue weighted by Crippen LogP contribution is 2.25. The zero-order valence-corrected chi connectivity index (χ0v) is 14.1. The number of hydrogen-bond acceptors (Lipinski definition) is 1. The standard InChI is InChI=1S/C21H17ClN2/c1-14-4-2-6-17(12-14)21-23-19-7-3-5-16(20(19)24-21)13-15-8-10-18(22)11-9-15/h2-12H,13H2,1H3,(H,23,24). The second-order valence-corrected chi connectivity index (χ2v) is 6.51. The van der Waals surface area contributed by atoms with E-state index in [0.29, 0.717) is 0 Å². The van der Waals surface area contributed by atoms with E-state index in [1.165, 1.54) is 16.7 Å². The maximum absolute atomic E-state index is 5.98. The summed E-state index contributed by atoms with van der Waals surface area (Å²) < 4.78 is 0. The minimum absolute atomic E-state index is 0.762. The molecule has 1 N–H and O–H groups in total. The summed E-state index contributed by atoms with van der Waals surface area (Å²) in [4.78, 5) is 8.30. The van der Waals surface area contributed by atoms with Gasteiger partial charge < -0.3 is 4.98 Å². The topological polar surface area (TPSA) is 28.7 Å². The van der Waals surface area contributed by atoms with E-state index in [1.807, 2.05) is 12.1 Å². The van der Waals surface area contributed by atoms with Gasteiger partial charge in [0.25, 0.3) is 0 Å². The quantitative estimate of drug-likeness (QED) is 0.506. The number of para-hydroxylation sites is 1. The molecule has 0 aliphatic heterocycles. The first kappa shape index (κ1) is 15.0. The predicted octanol–water partition coefficient (Wildman–Crippen LogP) is 5.78. The Balaban J connectivity index is 1.76. The van der Waals surface area contributed by atoms with Crippen LogP contribution < -0.4 is 0 Å². The van der Waals surface area contributed by atoms with E-state index in [1.54, 1.807) is 0 Å². The molecule has 1 aromatic heterocycles. The van der Waals surface area contributed by atoms with Crippen LogP contribution in [0.2, 0.25) is 5.02 Å². The number of nitrogens with zero attached hydrogens (tertiary/aromatic N) is 1. The summed E-state index contributed by atoms with van der Waals surface area (Å²) in [6, 6.07) is 22.7. The summed E-state index contributed by atoms with van der Waals surface area (Å²) in [7, 11) is 0. The monoisotopic (exact) mass is 332 g/mol. The van der Waals surface area contributed by atoms with Gasteiger partial charge in [0.1, 0.15) is 5.82 Å². The largest absolute Gasteiger partial charge is 0.338 e. The molecule has 2 nitrogen and oxygen atoms in total. The molecule has 118 valence electrons. The molecule has 0 saturated heterocycles. The number of hydrogen-bond donors (Lipinski definition) is 1. The van der Waals surface area contributed by atoms with Gasteiger partial charge in [0.05, 0.1) is 11.0 Å². The Morgan fingerprint density at radius 1 is 0.958 bits per heavy atom. The summed E-state index contributed by atoms with van der Waals surface area (Å²) in [6.07, 6.45) is 0.840. The molecule has 24 heavy (non-hydrogen) atoms. The highest BCUT2D eigenvalue weighted by Gasteiger charge is 2.09. The summed E-state index contributed by atoms with van der Waals surface area (Å²) >= 11 is 5.98. The van der Waals surface area contributed by atoms with Crippen molar-refractivity contribution in [2.24, 2.45) is 0 Å². The fourth-order valence-electron chi connectivity index (χ4n) is 2.99. The molecule has 0 fully saturated rings. The number of H-pyrrole nitrogens is 1. The van der Waals surface area contributed by atoms with Crippen LogP contribution >= 0.6 is 11.6 Å². The second kappa shape index (κ2) is 6.14. The van der Waals surface area contributed by atoms with Gasteiger partial charge in [-0.25, -0.2) is 4.98 Å². The van der Waals surface area contributed by atoms with Gasteiger partial charge in [0.2, 0.25) is 0 Å². The average molecular weight is 333 g/mol. The molecule has 0 unspecified atom stereocenters. The molecule has 4 aromatic rings. The fourth-order valence-corrected chi connectivity index (χ4v) is 3.11. The zero-order chi connectivity index (χ0) is 16.5. The lowest BCUT2D eigenvalue weighted by Crippen LogP contribution is -1.89. The van der Waals surface area contributed by atoms with E-state index in [-0.39, 0.29) is 0 Å². The van der Waals surface area contributed by atoms with Gasteiger partial charge in [-0.1, -0.05) is 59.6 Å². The first-order valence-electron chi connectivity index (χ1n) is 7.98. The first-order valence-corrected chi connectivity index (χ1v) is 8.36. The molecule has 0 amide bonds. The van der Waals surface area contributed by atoms with E-state index in [4.69, 9.17) is 16.6 Å². The Labute approximate surface area is 146 Å². The molecule has 0 radical (unpaired) electrons. The van der Waals surface area contributed by atoms with E-state index >= 15 is 0 Å². The van der Waals surface area contributed by atoms with Crippen LogP contribution in [0.1, 0.15) is 16.7 Å². The van der Waals surface area contributed by atoms with E-state index in [0.717, 1.165) is 33.9 Å². The number of aryl methyl sites for hydroxylation is 1. The van der Waals surface area contributed by atoms with Crippen molar-refractivity contribution in [1.82, 2.24) is 9.97 Å². The summed E-state index contributed by atoms with van der Waals surface area (Å²) in [5.74, 6) is 0.914. The zero-order valence-electron chi connectivity index (χ0n) is 13.4. The van der Waals surface area contributed by atoms with Crippen LogP contribution in [0, 0.1) is 6.92 Å². The highest BCUT2D eigenvalue weighted by molar-refractivity contribution is 6.30. The number of halogens is 1. The molecule has 0 saturated carbocycles. The maximum Gasteiger partial charge on any atom is 0.138 e. The minimum Gasteiger partial charge on any atom is -0.338 e. The highest BCUT2D eigenvalue weighted by atomic mass is 35.5. The van der Waals surface area contributed by atoms with Gasteiger partial charge in [-0.3, -0.25) is 0 Å². The Morgan fingerprint density at radius 3 is 2.54 bits per heavy atom. The number of aromatic nitrogens is 2. The van der Waals surface area contributed by atoms with Crippen LogP contribution in [0.4, 0.5) is 0 Å². The van der Waals surface area contributed by atoms with Gasteiger partial charge in [0, 0.05) is 10.6 Å². The smallest absolute Gasteiger partial charge is 0.138 e. The normalized spacial score (nSPS) is 11.1. The third kappa shape index (κ3) is 2.93. The predicted molar refractivity (Wildman–Crippen MR) is 101 cm³/mol. The van der Waals surface area contributed by atoms with Crippen LogP contribution in [0.25, 0.3) is 22.4 Å².